The lowest BCUT2D eigenvalue weighted by Gasteiger charge is -2.17. The van der Waals surface area contributed by atoms with E-state index in [1.807, 2.05) is 18.9 Å². The molecule has 1 rings (SSSR count). The van der Waals surface area contributed by atoms with E-state index in [2.05, 4.69) is 9.97 Å². The first-order valence-corrected chi connectivity index (χ1v) is 5.44. The second kappa shape index (κ2) is 6.15. The molecule has 0 radical (unpaired) electrons. The van der Waals surface area contributed by atoms with Gasteiger partial charge in [-0.3, -0.25) is 5.41 Å². The van der Waals surface area contributed by atoms with E-state index >= 15 is 0 Å². The third-order valence-electron chi connectivity index (χ3n) is 2.30. The van der Waals surface area contributed by atoms with Gasteiger partial charge in [-0.15, -0.1) is 0 Å². The molecule has 1 aromatic heterocycles. The average molecular weight is 237 g/mol. The van der Waals surface area contributed by atoms with Gasteiger partial charge in [0.15, 0.2) is 0 Å². The number of hydrogen-bond donors (Lipinski definition) is 2. The number of aryl methyl sites for hydroxylation is 1. The molecule has 6 heteroatoms. The fraction of sp³-hybridized carbons (Fsp3) is 0.545. The van der Waals surface area contributed by atoms with Crippen LogP contribution in [0.4, 0.5) is 5.95 Å². The highest BCUT2D eigenvalue weighted by Gasteiger charge is 2.08. The van der Waals surface area contributed by atoms with Crippen LogP contribution in [0.25, 0.3) is 0 Å². The van der Waals surface area contributed by atoms with Crippen molar-refractivity contribution in [2.75, 3.05) is 32.2 Å². The maximum atomic E-state index is 7.39. The Morgan fingerprint density at radius 1 is 1.53 bits per heavy atom. The summed E-state index contributed by atoms with van der Waals surface area (Å²) in [6, 6.07) is 1.70. The molecule has 0 spiro atoms. The van der Waals surface area contributed by atoms with Crippen LogP contribution in [-0.4, -0.2) is 43.1 Å². The lowest BCUT2D eigenvalue weighted by atomic mass is 10.3. The average Bonchev–Trinajstić information content (AvgIpc) is 2.28. The molecular weight excluding hydrogens is 218 g/mol. The summed E-state index contributed by atoms with van der Waals surface area (Å²) >= 11 is 0. The molecule has 0 unspecified atom stereocenters. The van der Waals surface area contributed by atoms with Gasteiger partial charge in [0.2, 0.25) is 5.95 Å². The van der Waals surface area contributed by atoms with Crippen LogP contribution in [0.15, 0.2) is 6.07 Å². The van der Waals surface area contributed by atoms with E-state index in [0.29, 0.717) is 18.2 Å². The van der Waals surface area contributed by atoms with Gasteiger partial charge in [0.05, 0.1) is 0 Å². The molecule has 0 aromatic carbocycles. The molecule has 0 saturated carbocycles. The van der Waals surface area contributed by atoms with Gasteiger partial charge in [-0.05, 0) is 19.4 Å². The van der Waals surface area contributed by atoms with E-state index in [1.54, 1.807) is 13.2 Å². The Morgan fingerprint density at radius 2 is 2.24 bits per heavy atom. The van der Waals surface area contributed by atoms with Crippen LogP contribution in [0.1, 0.15) is 17.8 Å². The van der Waals surface area contributed by atoms with Crippen molar-refractivity contribution in [1.29, 1.82) is 5.41 Å². The van der Waals surface area contributed by atoms with Crippen LogP contribution in [0.2, 0.25) is 0 Å². The minimum atomic E-state index is -0.0398. The first-order chi connectivity index (χ1) is 8.04. The van der Waals surface area contributed by atoms with Gasteiger partial charge in [-0.25, -0.2) is 9.97 Å². The number of nitrogen functional groups attached to an aromatic ring is 1. The van der Waals surface area contributed by atoms with Gasteiger partial charge in [0.1, 0.15) is 11.5 Å². The standard InChI is InChI=1S/C11H19N5O/c1-8-7-9(10(12)13)15-11(14-8)16(2)5-4-6-17-3/h7H,4-6H2,1-3H3,(H3,12,13). The van der Waals surface area contributed by atoms with Gasteiger partial charge >= 0.3 is 0 Å². The second-order valence-corrected chi connectivity index (χ2v) is 3.88. The molecule has 1 aromatic rings. The molecule has 17 heavy (non-hydrogen) atoms. The Balaban J connectivity index is 2.78. The molecule has 0 aliphatic heterocycles. The van der Waals surface area contributed by atoms with Crippen molar-refractivity contribution in [2.45, 2.75) is 13.3 Å². The lowest BCUT2D eigenvalue weighted by Crippen LogP contribution is -2.24. The molecule has 0 bridgehead atoms. The van der Waals surface area contributed by atoms with Crippen molar-refractivity contribution in [3.63, 3.8) is 0 Å². The molecule has 94 valence electrons. The Labute approximate surface area is 101 Å². The van der Waals surface area contributed by atoms with Crippen LogP contribution >= 0.6 is 0 Å². The Morgan fingerprint density at radius 3 is 2.82 bits per heavy atom. The molecule has 0 fully saturated rings. The molecule has 0 saturated heterocycles. The normalized spacial score (nSPS) is 10.3. The fourth-order valence-electron chi connectivity index (χ4n) is 1.41. The van der Waals surface area contributed by atoms with Crippen LogP contribution in [0.3, 0.4) is 0 Å². The summed E-state index contributed by atoms with van der Waals surface area (Å²) in [7, 11) is 3.59. The summed E-state index contributed by atoms with van der Waals surface area (Å²) in [6.07, 6.45) is 0.902. The first kappa shape index (κ1) is 13.4. The first-order valence-electron chi connectivity index (χ1n) is 5.44. The maximum Gasteiger partial charge on any atom is 0.225 e. The zero-order chi connectivity index (χ0) is 12.8. The summed E-state index contributed by atoms with van der Waals surface area (Å²) in [5, 5.41) is 7.39. The lowest BCUT2D eigenvalue weighted by molar-refractivity contribution is 0.196. The van der Waals surface area contributed by atoms with Crippen molar-refractivity contribution in [3.8, 4) is 0 Å². The zero-order valence-electron chi connectivity index (χ0n) is 10.5. The number of nitrogens with one attached hydrogen (secondary N) is 1. The predicted molar refractivity (Wildman–Crippen MR) is 67.5 cm³/mol. The smallest absolute Gasteiger partial charge is 0.225 e. The van der Waals surface area contributed by atoms with E-state index in [9.17, 15) is 0 Å². The van der Waals surface area contributed by atoms with Gasteiger partial charge in [0, 0.05) is 33.0 Å². The summed E-state index contributed by atoms with van der Waals surface area (Å²) in [5.74, 6) is 0.549. The topological polar surface area (TPSA) is 88.1 Å². The third kappa shape index (κ3) is 3.99. The van der Waals surface area contributed by atoms with Crippen molar-refractivity contribution < 1.29 is 4.74 Å². The minimum Gasteiger partial charge on any atom is -0.385 e. The van der Waals surface area contributed by atoms with Crippen molar-refractivity contribution >= 4 is 11.8 Å². The monoisotopic (exact) mass is 237 g/mol. The Hall–Kier alpha value is -1.69. The van der Waals surface area contributed by atoms with Gasteiger partial charge in [-0.2, -0.15) is 0 Å². The quantitative estimate of drug-likeness (QED) is 0.428. The number of amidine groups is 1. The predicted octanol–water partition coefficient (Wildman–Crippen LogP) is 0.542. The highest BCUT2D eigenvalue weighted by atomic mass is 16.5. The van der Waals surface area contributed by atoms with E-state index in [4.69, 9.17) is 15.9 Å². The Bertz CT molecular complexity index is 393. The largest absolute Gasteiger partial charge is 0.385 e. The van der Waals surface area contributed by atoms with Crippen LogP contribution in [0.5, 0.6) is 0 Å². The van der Waals surface area contributed by atoms with Crippen LogP contribution in [-0.2, 0) is 4.74 Å². The van der Waals surface area contributed by atoms with Crippen LogP contribution in [0, 0.1) is 12.3 Å². The van der Waals surface area contributed by atoms with Gasteiger partial charge < -0.3 is 15.4 Å². The SMILES string of the molecule is COCCCN(C)c1nc(C)cc(C(=N)N)n1. The highest BCUT2D eigenvalue weighted by Crippen LogP contribution is 2.08. The highest BCUT2D eigenvalue weighted by molar-refractivity contribution is 5.93. The molecular formula is C11H19N5O. The number of aromatic nitrogens is 2. The summed E-state index contributed by atoms with van der Waals surface area (Å²) in [6.45, 7) is 3.37. The van der Waals surface area contributed by atoms with E-state index in [-0.39, 0.29) is 5.84 Å². The number of hydrogen-bond acceptors (Lipinski definition) is 5. The van der Waals surface area contributed by atoms with Crippen molar-refractivity contribution in [2.24, 2.45) is 5.73 Å². The molecule has 6 nitrogen and oxygen atoms in total. The van der Waals surface area contributed by atoms with E-state index in [0.717, 1.165) is 18.7 Å². The zero-order valence-corrected chi connectivity index (χ0v) is 10.5. The number of rotatable bonds is 6. The van der Waals surface area contributed by atoms with Crippen molar-refractivity contribution in [3.05, 3.63) is 17.5 Å². The summed E-state index contributed by atoms with van der Waals surface area (Å²) < 4.78 is 4.99. The molecule has 0 aliphatic rings. The van der Waals surface area contributed by atoms with Crippen molar-refractivity contribution in [1.82, 2.24) is 9.97 Å². The fourth-order valence-corrected chi connectivity index (χ4v) is 1.41. The van der Waals surface area contributed by atoms with Gasteiger partial charge in [-0.1, -0.05) is 0 Å². The molecule has 1 heterocycles. The van der Waals surface area contributed by atoms with E-state index < -0.39 is 0 Å². The second-order valence-electron chi connectivity index (χ2n) is 3.88. The number of anilines is 1. The van der Waals surface area contributed by atoms with Crippen LogP contribution < -0.4 is 10.6 Å². The molecule has 3 N–H and O–H groups in total. The number of nitrogens with two attached hydrogens (primary N) is 1. The minimum absolute atomic E-state index is 0.0398. The maximum absolute atomic E-state index is 7.39. The Kier molecular flexibility index (Phi) is 4.84. The number of methoxy groups -OCH3 is 1. The summed E-state index contributed by atoms with van der Waals surface area (Å²) in [5.41, 5.74) is 6.70. The number of nitrogens with zero attached hydrogens (tertiary/aromatic N) is 3. The van der Waals surface area contributed by atoms with E-state index in [1.165, 1.54) is 0 Å². The third-order valence-corrected chi connectivity index (χ3v) is 2.30. The molecule has 0 atom stereocenters. The van der Waals surface area contributed by atoms with Gasteiger partial charge in [0.25, 0.3) is 0 Å². The molecule has 0 amide bonds. The molecule has 0 aliphatic carbocycles. The number of ether oxygens (including phenoxy) is 1. The summed E-state index contributed by atoms with van der Waals surface area (Å²) in [4.78, 5) is 10.5.